The van der Waals surface area contributed by atoms with Crippen molar-refractivity contribution in [3.8, 4) is 0 Å². The van der Waals surface area contributed by atoms with Gasteiger partial charge in [-0.1, -0.05) is 12.1 Å². The van der Waals surface area contributed by atoms with E-state index in [1.165, 1.54) is 16.7 Å². The molecule has 9 nitrogen and oxygen atoms in total. The number of aromatic nitrogens is 3. The lowest BCUT2D eigenvalue weighted by Crippen LogP contribution is -2.46. The first-order chi connectivity index (χ1) is 11.0. The molecule has 0 aliphatic heterocycles. The van der Waals surface area contributed by atoms with Gasteiger partial charge in [0.05, 0.1) is 13.2 Å². The Morgan fingerprint density at radius 2 is 2.26 bits per heavy atom. The second-order valence-corrected chi connectivity index (χ2v) is 4.65. The Morgan fingerprint density at radius 1 is 1.48 bits per heavy atom. The summed E-state index contributed by atoms with van der Waals surface area (Å²) in [5.74, 6) is -1.88. The Labute approximate surface area is 130 Å². The Bertz CT molecular complexity index is 779. The molecule has 2 N–H and O–H groups in total. The molecule has 0 bridgehead atoms. The quantitative estimate of drug-likeness (QED) is 0.489. The van der Waals surface area contributed by atoms with Crippen LogP contribution in [0.15, 0.2) is 41.8 Å². The molecule has 23 heavy (non-hydrogen) atoms. The molecule has 2 rings (SSSR count). The predicted octanol–water partition coefficient (Wildman–Crippen LogP) is -0.732. The number of aliphatic carboxylic acids is 1. The summed E-state index contributed by atoms with van der Waals surface area (Å²) in [7, 11) is 0. The van der Waals surface area contributed by atoms with Crippen molar-refractivity contribution < 1.29 is 19.4 Å². The fourth-order valence-electron chi connectivity index (χ4n) is 1.89. The minimum atomic E-state index is -1.23. The molecule has 0 radical (unpaired) electrons. The van der Waals surface area contributed by atoms with E-state index in [-0.39, 0.29) is 19.8 Å². The fraction of sp³-hybridized carbons (Fsp3) is 0.286. The van der Waals surface area contributed by atoms with E-state index in [1.807, 2.05) is 0 Å². The van der Waals surface area contributed by atoms with Gasteiger partial charge in [0.15, 0.2) is 11.7 Å². The van der Waals surface area contributed by atoms with Gasteiger partial charge >= 0.3 is 11.7 Å². The van der Waals surface area contributed by atoms with Gasteiger partial charge in [0.2, 0.25) is 5.91 Å². The number of hydrogen-bond donors (Lipinski definition) is 2. The minimum absolute atomic E-state index is 0.172. The smallest absolute Gasteiger partial charge is 0.350 e. The van der Waals surface area contributed by atoms with Gasteiger partial charge in [0.25, 0.3) is 0 Å². The van der Waals surface area contributed by atoms with E-state index in [1.54, 1.807) is 18.2 Å². The molecule has 9 heteroatoms. The van der Waals surface area contributed by atoms with Crippen molar-refractivity contribution in [3.63, 3.8) is 0 Å². The first-order valence-electron chi connectivity index (χ1n) is 6.78. The number of carboxylic acids is 1. The number of nitrogens with one attached hydrogen (secondary N) is 1. The average molecular weight is 320 g/mol. The lowest BCUT2D eigenvalue weighted by Gasteiger charge is -2.13. The van der Waals surface area contributed by atoms with Crippen molar-refractivity contribution in [2.24, 2.45) is 0 Å². The third kappa shape index (κ3) is 4.04. The summed E-state index contributed by atoms with van der Waals surface area (Å²) in [6.45, 7) is 3.03. The number of nitrogens with zero attached hydrogens (tertiary/aromatic N) is 3. The Kier molecular flexibility index (Phi) is 5.26. The average Bonchev–Trinajstić information content (AvgIpc) is 2.83. The van der Waals surface area contributed by atoms with E-state index in [0.717, 1.165) is 4.68 Å². The van der Waals surface area contributed by atoms with Crippen LogP contribution in [0.2, 0.25) is 0 Å². The van der Waals surface area contributed by atoms with Crippen LogP contribution in [0.25, 0.3) is 5.65 Å². The highest BCUT2D eigenvalue weighted by atomic mass is 16.5. The Morgan fingerprint density at radius 3 is 2.91 bits per heavy atom. The summed E-state index contributed by atoms with van der Waals surface area (Å²) in [6, 6.07) is 3.79. The molecular formula is C14H16N4O5. The van der Waals surface area contributed by atoms with Crippen molar-refractivity contribution >= 4 is 17.5 Å². The van der Waals surface area contributed by atoms with Crippen LogP contribution in [0.1, 0.15) is 0 Å². The van der Waals surface area contributed by atoms with E-state index >= 15 is 0 Å². The summed E-state index contributed by atoms with van der Waals surface area (Å²) >= 11 is 0. The summed E-state index contributed by atoms with van der Waals surface area (Å²) in [5.41, 5.74) is -0.0834. The fourth-order valence-corrected chi connectivity index (χ4v) is 1.89. The van der Waals surface area contributed by atoms with Crippen molar-refractivity contribution in [1.29, 1.82) is 0 Å². The molecule has 0 spiro atoms. The van der Waals surface area contributed by atoms with Crippen LogP contribution < -0.4 is 11.0 Å². The highest BCUT2D eigenvalue weighted by molar-refractivity contribution is 5.83. The van der Waals surface area contributed by atoms with Crippen LogP contribution in [-0.2, 0) is 20.9 Å². The molecule has 2 heterocycles. The summed E-state index contributed by atoms with van der Waals surface area (Å²) in [6.07, 6.45) is 3.00. The second-order valence-electron chi connectivity index (χ2n) is 4.65. The van der Waals surface area contributed by atoms with Gasteiger partial charge in [-0.15, -0.1) is 11.7 Å². The van der Waals surface area contributed by atoms with Crippen LogP contribution in [0.5, 0.6) is 0 Å². The molecule has 0 saturated carbocycles. The lowest BCUT2D eigenvalue weighted by molar-refractivity contribution is -0.143. The van der Waals surface area contributed by atoms with Crippen LogP contribution in [0.4, 0.5) is 0 Å². The van der Waals surface area contributed by atoms with Gasteiger partial charge in [0, 0.05) is 6.20 Å². The predicted molar refractivity (Wildman–Crippen MR) is 80.0 cm³/mol. The zero-order valence-electron chi connectivity index (χ0n) is 12.2. The number of carbonyl (C=O) groups excluding carboxylic acids is 1. The number of amides is 1. The highest BCUT2D eigenvalue weighted by Gasteiger charge is 2.21. The molecular weight excluding hydrogens is 304 g/mol. The largest absolute Gasteiger partial charge is 0.480 e. The Hall–Kier alpha value is -2.94. The molecule has 0 aliphatic rings. The maximum atomic E-state index is 12.0. The first-order valence-corrected chi connectivity index (χ1v) is 6.78. The van der Waals surface area contributed by atoms with Crippen LogP contribution in [0.3, 0.4) is 0 Å². The van der Waals surface area contributed by atoms with Gasteiger partial charge in [-0.2, -0.15) is 0 Å². The first kappa shape index (κ1) is 16.4. The van der Waals surface area contributed by atoms with Crippen molar-refractivity contribution in [2.75, 3.05) is 13.2 Å². The van der Waals surface area contributed by atoms with Gasteiger partial charge in [0.1, 0.15) is 6.54 Å². The highest BCUT2D eigenvalue weighted by Crippen LogP contribution is 1.95. The monoisotopic (exact) mass is 320 g/mol. The number of fused-ring (bicyclic) bond motifs is 1. The van der Waals surface area contributed by atoms with Gasteiger partial charge in [-0.05, 0) is 12.1 Å². The molecule has 1 amide bonds. The van der Waals surface area contributed by atoms with E-state index in [9.17, 15) is 14.4 Å². The maximum Gasteiger partial charge on any atom is 0.350 e. The molecule has 0 aromatic carbocycles. The molecule has 0 fully saturated rings. The molecule has 1 unspecified atom stereocenters. The van der Waals surface area contributed by atoms with Crippen molar-refractivity contribution in [1.82, 2.24) is 19.5 Å². The van der Waals surface area contributed by atoms with Gasteiger partial charge in [-0.3, -0.25) is 9.20 Å². The van der Waals surface area contributed by atoms with Crippen LogP contribution >= 0.6 is 0 Å². The molecule has 122 valence electrons. The van der Waals surface area contributed by atoms with Crippen LogP contribution in [-0.4, -0.2) is 50.4 Å². The lowest BCUT2D eigenvalue weighted by atomic mass is 10.3. The number of pyridine rings is 1. The van der Waals surface area contributed by atoms with Gasteiger partial charge in [-0.25, -0.2) is 14.3 Å². The van der Waals surface area contributed by atoms with Crippen LogP contribution in [0, 0.1) is 0 Å². The third-order valence-corrected chi connectivity index (χ3v) is 2.94. The van der Waals surface area contributed by atoms with E-state index in [4.69, 9.17) is 9.84 Å². The molecule has 2 aromatic heterocycles. The molecule has 1 atom stereocenters. The number of rotatable bonds is 8. The zero-order valence-corrected chi connectivity index (χ0v) is 12.2. The van der Waals surface area contributed by atoms with E-state index in [0.29, 0.717) is 5.65 Å². The van der Waals surface area contributed by atoms with Crippen molar-refractivity contribution in [3.05, 3.63) is 47.5 Å². The SMILES string of the molecule is C=CCOCC(NC(=O)Cn1nc2ccccn2c1=O)C(=O)O. The van der Waals surface area contributed by atoms with E-state index in [2.05, 4.69) is 17.0 Å². The molecule has 0 saturated heterocycles. The topological polar surface area (TPSA) is 115 Å². The summed E-state index contributed by atoms with van der Waals surface area (Å²) in [4.78, 5) is 35.0. The molecule has 2 aromatic rings. The third-order valence-electron chi connectivity index (χ3n) is 2.94. The molecule has 0 aliphatic carbocycles. The standard InChI is InChI=1S/C14H16N4O5/c1-2-7-23-9-10(13(20)21)15-12(19)8-18-14(22)17-6-4-3-5-11(17)16-18/h2-6,10H,1,7-9H2,(H,15,19)(H,20,21). The summed E-state index contributed by atoms with van der Waals surface area (Å²) < 4.78 is 7.28. The zero-order chi connectivity index (χ0) is 16.8. The number of carboxylic acid groups (broad SMARTS) is 1. The maximum absolute atomic E-state index is 12.0. The van der Waals surface area contributed by atoms with Gasteiger partial charge < -0.3 is 15.2 Å². The minimum Gasteiger partial charge on any atom is -0.480 e. The van der Waals surface area contributed by atoms with Crippen molar-refractivity contribution in [2.45, 2.75) is 12.6 Å². The van der Waals surface area contributed by atoms with E-state index < -0.39 is 23.6 Å². The number of hydrogen-bond acceptors (Lipinski definition) is 5. The normalized spacial score (nSPS) is 12.0. The Balaban J connectivity index is 2.04. The second kappa shape index (κ2) is 7.36. The number of ether oxygens (including phenoxy) is 1. The summed E-state index contributed by atoms with van der Waals surface area (Å²) in [5, 5.41) is 15.3. The number of carbonyl (C=O) groups is 2.